The number of thiophene rings is 1. The summed E-state index contributed by atoms with van der Waals surface area (Å²) < 4.78 is 0. The number of nitrogens with zero attached hydrogens (tertiary/aromatic N) is 2. The van der Waals surface area contributed by atoms with Crippen LogP contribution in [0.5, 0.6) is 0 Å². The van der Waals surface area contributed by atoms with Gasteiger partial charge in [0.2, 0.25) is 0 Å². The van der Waals surface area contributed by atoms with Gasteiger partial charge >= 0.3 is 0 Å². The van der Waals surface area contributed by atoms with E-state index in [1.54, 1.807) is 11.3 Å². The second-order valence-corrected chi connectivity index (χ2v) is 6.14. The van der Waals surface area contributed by atoms with E-state index in [2.05, 4.69) is 50.8 Å². The van der Waals surface area contributed by atoms with Crippen LogP contribution in [0.25, 0.3) is 11.0 Å². The van der Waals surface area contributed by atoms with Gasteiger partial charge in [-0.15, -0.1) is 11.3 Å². The Morgan fingerprint density at radius 1 is 1.36 bits per heavy atom. The summed E-state index contributed by atoms with van der Waals surface area (Å²) in [5.41, 5.74) is 9.08. The number of imidazole rings is 1. The average molecular weight is 313 g/mol. The molecule has 4 N–H and O–H groups in total. The zero-order valence-corrected chi connectivity index (χ0v) is 13.3. The lowest BCUT2D eigenvalue weighted by Gasteiger charge is -2.03. The molecule has 0 radical (unpaired) electrons. The average Bonchev–Trinajstić information content (AvgIpc) is 3.15. The third-order valence-corrected chi connectivity index (χ3v) is 4.36. The van der Waals surface area contributed by atoms with E-state index in [0.717, 1.165) is 35.4 Å². The van der Waals surface area contributed by atoms with Crippen molar-refractivity contribution in [3.63, 3.8) is 0 Å². The standard InChI is InChI=1S/C16H19N5S/c1-11-4-2-6-13-15(11)21-14(20-13)10-19-16(17)18-8-7-12-5-3-9-22-12/h2-6,9H,7-8,10H2,1H3,(H,20,21)(H3,17,18,19). The first kappa shape index (κ1) is 14.6. The van der Waals surface area contributed by atoms with Crippen LogP contribution in [-0.2, 0) is 13.0 Å². The van der Waals surface area contributed by atoms with E-state index >= 15 is 0 Å². The second-order valence-electron chi connectivity index (χ2n) is 5.11. The van der Waals surface area contributed by atoms with Crippen LogP contribution < -0.4 is 11.1 Å². The molecule has 2 heterocycles. The molecule has 0 aliphatic carbocycles. The van der Waals surface area contributed by atoms with Gasteiger partial charge in [-0.25, -0.2) is 9.98 Å². The van der Waals surface area contributed by atoms with Crippen molar-refractivity contribution in [3.05, 3.63) is 52.0 Å². The number of hydrogen-bond acceptors (Lipinski definition) is 3. The van der Waals surface area contributed by atoms with E-state index in [4.69, 9.17) is 5.73 Å². The number of H-pyrrole nitrogens is 1. The number of guanidine groups is 1. The lowest BCUT2D eigenvalue weighted by Crippen LogP contribution is -2.33. The summed E-state index contributed by atoms with van der Waals surface area (Å²) >= 11 is 1.75. The Bertz CT molecular complexity index is 773. The molecule has 0 unspecified atom stereocenters. The SMILES string of the molecule is Cc1cccc2[nH]c(CN=C(N)NCCc3cccs3)nc12. The van der Waals surface area contributed by atoms with E-state index in [-0.39, 0.29) is 0 Å². The number of benzene rings is 1. The Morgan fingerprint density at radius 3 is 3.05 bits per heavy atom. The van der Waals surface area contributed by atoms with Gasteiger partial charge in [0, 0.05) is 11.4 Å². The normalized spacial score (nSPS) is 12.0. The maximum atomic E-state index is 5.89. The summed E-state index contributed by atoms with van der Waals surface area (Å²) in [7, 11) is 0. The third-order valence-electron chi connectivity index (χ3n) is 3.42. The van der Waals surface area contributed by atoms with Crippen LogP contribution in [0.2, 0.25) is 0 Å². The molecule has 0 saturated carbocycles. The molecule has 3 aromatic rings. The fraction of sp³-hybridized carbons (Fsp3) is 0.250. The Kier molecular flexibility index (Phi) is 4.39. The van der Waals surface area contributed by atoms with Crippen LogP contribution >= 0.6 is 11.3 Å². The van der Waals surface area contributed by atoms with Crippen molar-refractivity contribution in [2.24, 2.45) is 10.7 Å². The molecule has 3 rings (SSSR count). The van der Waals surface area contributed by atoms with Gasteiger partial charge in [-0.2, -0.15) is 0 Å². The van der Waals surface area contributed by atoms with E-state index in [1.807, 2.05) is 12.1 Å². The molecule has 6 heteroatoms. The summed E-state index contributed by atoms with van der Waals surface area (Å²) in [5, 5.41) is 5.21. The van der Waals surface area contributed by atoms with Crippen LogP contribution in [0.3, 0.4) is 0 Å². The lowest BCUT2D eigenvalue weighted by atomic mass is 10.2. The zero-order chi connectivity index (χ0) is 15.4. The van der Waals surface area contributed by atoms with E-state index in [9.17, 15) is 0 Å². The molecule has 0 aliphatic rings. The first-order chi connectivity index (χ1) is 10.7. The summed E-state index contributed by atoms with van der Waals surface area (Å²) in [6.45, 7) is 3.29. The van der Waals surface area contributed by atoms with Crippen LogP contribution in [-0.4, -0.2) is 22.5 Å². The number of nitrogens with one attached hydrogen (secondary N) is 2. The molecule has 0 spiro atoms. The predicted octanol–water partition coefficient (Wildman–Crippen LogP) is 2.58. The van der Waals surface area contributed by atoms with Crippen molar-refractivity contribution in [2.75, 3.05) is 6.54 Å². The van der Waals surface area contributed by atoms with Crippen molar-refractivity contribution < 1.29 is 0 Å². The number of aliphatic imine (C=N–C) groups is 1. The third kappa shape index (κ3) is 3.46. The lowest BCUT2D eigenvalue weighted by molar-refractivity contribution is 0.849. The highest BCUT2D eigenvalue weighted by Gasteiger charge is 2.04. The second kappa shape index (κ2) is 6.62. The summed E-state index contributed by atoms with van der Waals surface area (Å²) in [6, 6.07) is 10.3. The van der Waals surface area contributed by atoms with Crippen molar-refractivity contribution >= 4 is 28.3 Å². The molecule has 0 fully saturated rings. The number of nitrogens with two attached hydrogens (primary N) is 1. The minimum absolute atomic E-state index is 0.450. The van der Waals surface area contributed by atoms with Gasteiger partial charge in [-0.05, 0) is 36.4 Å². The van der Waals surface area contributed by atoms with Gasteiger partial charge in [0.05, 0.1) is 11.0 Å². The van der Waals surface area contributed by atoms with Gasteiger partial charge in [0.15, 0.2) is 5.96 Å². The van der Waals surface area contributed by atoms with Gasteiger partial charge < -0.3 is 16.0 Å². The highest BCUT2D eigenvalue weighted by Crippen LogP contribution is 2.15. The molecule has 0 atom stereocenters. The van der Waals surface area contributed by atoms with Crippen LogP contribution in [0, 0.1) is 6.92 Å². The zero-order valence-electron chi connectivity index (χ0n) is 12.5. The van der Waals surface area contributed by atoms with Crippen LogP contribution in [0.15, 0.2) is 40.7 Å². The number of rotatable bonds is 5. The first-order valence-corrected chi connectivity index (χ1v) is 8.11. The van der Waals surface area contributed by atoms with E-state index < -0.39 is 0 Å². The maximum absolute atomic E-state index is 5.89. The number of aromatic amines is 1. The Morgan fingerprint density at radius 2 is 2.27 bits per heavy atom. The van der Waals surface area contributed by atoms with Crippen LogP contribution in [0.4, 0.5) is 0 Å². The molecule has 0 amide bonds. The molecule has 2 aromatic heterocycles. The molecule has 0 bridgehead atoms. The maximum Gasteiger partial charge on any atom is 0.189 e. The quantitative estimate of drug-likeness (QED) is 0.500. The minimum atomic E-state index is 0.450. The molecule has 114 valence electrons. The van der Waals surface area contributed by atoms with Crippen molar-refractivity contribution in [1.29, 1.82) is 0 Å². The fourth-order valence-electron chi connectivity index (χ4n) is 2.29. The van der Waals surface area contributed by atoms with Gasteiger partial charge in [0.1, 0.15) is 12.4 Å². The van der Waals surface area contributed by atoms with Gasteiger partial charge in [-0.1, -0.05) is 18.2 Å². The minimum Gasteiger partial charge on any atom is -0.370 e. The topological polar surface area (TPSA) is 79.1 Å². The van der Waals surface area contributed by atoms with Crippen molar-refractivity contribution in [1.82, 2.24) is 15.3 Å². The number of para-hydroxylation sites is 1. The smallest absolute Gasteiger partial charge is 0.189 e. The Labute approximate surface area is 133 Å². The fourth-order valence-corrected chi connectivity index (χ4v) is 3.00. The summed E-state index contributed by atoms with van der Waals surface area (Å²) in [5.74, 6) is 1.28. The predicted molar refractivity (Wildman–Crippen MR) is 92.2 cm³/mol. The Hall–Kier alpha value is -2.34. The highest BCUT2D eigenvalue weighted by atomic mass is 32.1. The number of hydrogen-bond donors (Lipinski definition) is 3. The largest absolute Gasteiger partial charge is 0.370 e. The molecule has 0 saturated heterocycles. The van der Waals surface area contributed by atoms with Crippen molar-refractivity contribution in [3.8, 4) is 0 Å². The number of aromatic nitrogens is 2. The summed E-state index contributed by atoms with van der Waals surface area (Å²) in [6.07, 6.45) is 0.956. The van der Waals surface area contributed by atoms with Gasteiger partial charge in [-0.3, -0.25) is 0 Å². The Balaban J connectivity index is 1.56. The molecule has 1 aromatic carbocycles. The molecular formula is C16H19N5S. The first-order valence-electron chi connectivity index (χ1n) is 7.23. The highest BCUT2D eigenvalue weighted by molar-refractivity contribution is 7.09. The molecule has 5 nitrogen and oxygen atoms in total. The van der Waals surface area contributed by atoms with Crippen molar-refractivity contribution in [2.45, 2.75) is 19.9 Å². The van der Waals surface area contributed by atoms with Crippen LogP contribution in [0.1, 0.15) is 16.3 Å². The number of fused-ring (bicyclic) bond motifs is 1. The summed E-state index contributed by atoms with van der Waals surface area (Å²) in [4.78, 5) is 13.5. The van der Waals surface area contributed by atoms with E-state index in [0.29, 0.717) is 12.5 Å². The van der Waals surface area contributed by atoms with Gasteiger partial charge in [0.25, 0.3) is 0 Å². The monoisotopic (exact) mass is 313 g/mol. The molecule has 0 aliphatic heterocycles. The number of aryl methyl sites for hydroxylation is 1. The molecule has 22 heavy (non-hydrogen) atoms. The van der Waals surface area contributed by atoms with E-state index in [1.165, 1.54) is 4.88 Å². The molecular weight excluding hydrogens is 294 g/mol.